The fourth-order valence-electron chi connectivity index (χ4n) is 2.38. The third-order valence-corrected chi connectivity index (χ3v) is 3.81. The summed E-state index contributed by atoms with van der Waals surface area (Å²) in [7, 11) is 3.90. The number of hydrogen-bond donors (Lipinski definition) is 0. The molecule has 2 rings (SSSR count). The van der Waals surface area contributed by atoms with Crippen molar-refractivity contribution >= 4 is 33.2 Å². The first kappa shape index (κ1) is 14.7. The van der Waals surface area contributed by atoms with Gasteiger partial charge in [-0.15, -0.1) is 0 Å². The number of anilines is 2. The van der Waals surface area contributed by atoms with E-state index in [1.807, 2.05) is 37.2 Å². The fourth-order valence-corrected chi connectivity index (χ4v) is 2.73. The minimum Gasteiger partial charge on any atom is -0.376 e. The number of hydrogen-bond acceptors (Lipinski definition) is 3. The summed E-state index contributed by atoms with van der Waals surface area (Å²) in [5.74, 6) is 0.164. The highest BCUT2D eigenvalue weighted by Gasteiger charge is 2.31. The number of carbonyl (C=O) groups is 1. The van der Waals surface area contributed by atoms with Gasteiger partial charge < -0.3 is 9.80 Å². The van der Waals surface area contributed by atoms with Crippen molar-refractivity contribution in [3.63, 3.8) is 0 Å². The molecule has 0 N–H and O–H groups in total. The molecule has 0 aliphatic carbocycles. The van der Waals surface area contributed by atoms with Crippen LogP contribution in [0.4, 0.5) is 11.4 Å². The summed E-state index contributed by atoms with van der Waals surface area (Å²) in [6, 6.07) is 5.88. The van der Waals surface area contributed by atoms with Crippen molar-refractivity contribution < 1.29 is 4.79 Å². The molecular formula is C13H16BrN5O. The molecule has 1 aromatic rings. The molecule has 0 spiro atoms. The molecule has 106 valence electrons. The summed E-state index contributed by atoms with van der Waals surface area (Å²) in [6.45, 7) is 0.958. The van der Waals surface area contributed by atoms with Crippen LogP contribution in [0.2, 0.25) is 0 Å². The molecule has 0 radical (unpaired) electrons. The maximum Gasteiger partial charge on any atom is 0.227 e. The predicted octanol–water partition coefficient (Wildman–Crippen LogP) is 3.18. The zero-order valence-corrected chi connectivity index (χ0v) is 13.0. The molecule has 1 aromatic carbocycles. The van der Waals surface area contributed by atoms with E-state index in [0.717, 1.165) is 15.8 Å². The number of carbonyl (C=O) groups excluding carboxylic acids is 1. The maximum atomic E-state index is 12.2. The number of halogens is 1. The molecule has 7 heteroatoms. The van der Waals surface area contributed by atoms with Gasteiger partial charge in [0.15, 0.2) is 0 Å². The van der Waals surface area contributed by atoms with Crippen LogP contribution in [0.5, 0.6) is 0 Å². The summed E-state index contributed by atoms with van der Waals surface area (Å²) in [4.78, 5) is 18.7. The molecule has 1 heterocycles. The second kappa shape index (κ2) is 6.15. The Morgan fingerprint density at radius 1 is 1.55 bits per heavy atom. The molecule has 1 unspecified atom stereocenters. The number of benzene rings is 1. The van der Waals surface area contributed by atoms with Crippen molar-refractivity contribution in [3.8, 4) is 0 Å². The standard InChI is InChI=1S/C13H16BrN5O/c1-18(2)11-4-3-10(14)6-12(11)19-8-9(5-13(19)20)7-16-17-15/h3-4,6,9H,5,7-8H2,1-2H3. The van der Waals surface area contributed by atoms with Gasteiger partial charge in [0.05, 0.1) is 11.4 Å². The van der Waals surface area contributed by atoms with E-state index in [-0.39, 0.29) is 11.8 Å². The molecule has 0 aromatic heterocycles. The van der Waals surface area contributed by atoms with E-state index in [1.165, 1.54) is 0 Å². The fraction of sp³-hybridized carbons (Fsp3) is 0.462. The van der Waals surface area contributed by atoms with E-state index >= 15 is 0 Å². The van der Waals surface area contributed by atoms with Crippen LogP contribution >= 0.6 is 15.9 Å². The first-order valence-corrected chi connectivity index (χ1v) is 7.10. The summed E-state index contributed by atoms with van der Waals surface area (Å²) in [6.07, 6.45) is 0.429. The number of amides is 1. The van der Waals surface area contributed by atoms with Crippen LogP contribution in [0, 0.1) is 5.92 Å². The highest BCUT2D eigenvalue weighted by Crippen LogP contribution is 2.35. The molecule has 1 aliphatic heterocycles. The molecule has 6 nitrogen and oxygen atoms in total. The molecule has 1 atom stereocenters. The van der Waals surface area contributed by atoms with Crippen LogP contribution in [0.3, 0.4) is 0 Å². The van der Waals surface area contributed by atoms with Gasteiger partial charge in [-0.3, -0.25) is 4.79 Å². The van der Waals surface area contributed by atoms with Gasteiger partial charge in [-0.1, -0.05) is 21.0 Å². The Bertz CT molecular complexity index is 568. The first-order valence-electron chi connectivity index (χ1n) is 6.31. The quantitative estimate of drug-likeness (QED) is 0.480. The van der Waals surface area contributed by atoms with Gasteiger partial charge in [0.25, 0.3) is 0 Å². The molecule has 1 saturated heterocycles. The van der Waals surface area contributed by atoms with Gasteiger partial charge in [-0.25, -0.2) is 0 Å². The summed E-state index contributed by atoms with van der Waals surface area (Å²) in [5, 5.41) is 3.57. The molecule has 1 fully saturated rings. The van der Waals surface area contributed by atoms with Crippen molar-refractivity contribution in [2.45, 2.75) is 6.42 Å². The SMILES string of the molecule is CN(C)c1ccc(Br)cc1N1CC(CN=[N+]=[N-])CC1=O. The lowest BCUT2D eigenvalue weighted by molar-refractivity contribution is -0.117. The third kappa shape index (κ3) is 3.05. The zero-order chi connectivity index (χ0) is 14.7. The van der Waals surface area contributed by atoms with E-state index in [0.29, 0.717) is 19.5 Å². The Labute approximate surface area is 126 Å². The lowest BCUT2D eigenvalue weighted by atomic mass is 10.1. The predicted molar refractivity (Wildman–Crippen MR) is 82.9 cm³/mol. The van der Waals surface area contributed by atoms with Crippen LogP contribution in [0.1, 0.15) is 6.42 Å². The van der Waals surface area contributed by atoms with E-state index in [9.17, 15) is 4.79 Å². The Hall–Kier alpha value is -1.72. The molecule has 1 amide bonds. The molecular weight excluding hydrogens is 322 g/mol. The lowest BCUT2D eigenvalue weighted by Gasteiger charge is -2.24. The van der Waals surface area contributed by atoms with Gasteiger partial charge in [0, 0.05) is 43.0 Å². The monoisotopic (exact) mass is 337 g/mol. The van der Waals surface area contributed by atoms with Crippen molar-refractivity contribution in [3.05, 3.63) is 33.1 Å². The minimum atomic E-state index is 0.0735. The summed E-state index contributed by atoms with van der Waals surface area (Å²) < 4.78 is 0.935. The molecule has 0 bridgehead atoms. The van der Waals surface area contributed by atoms with E-state index in [1.54, 1.807) is 4.90 Å². The van der Waals surface area contributed by atoms with Gasteiger partial charge in [-0.2, -0.15) is 0 Å². The van der Waals surface area contributed by atoms with Crippen LogP contribution in [0.15, 0.2) is 27.8 Å². The van der Waals surface area contributed by atoms with Crippen LogP contribution in [-0.4, -0.2) is 33.1 Å². The van der Waals surface area contributed by atoms with E-state index < -0.39 is 0 Å². The van der Waals surface area contributed by atoms with Crippen molar-refractivity contribution in [2.24, 2.45) is 11.0 Å². The molecule has 1 aliphatic rings. The highest BCUT2D eigenvalue weighted by molar-refractivity contribution is 9.10. The van der Waals surface area contributed by atoms with Crippen LogP contribution in [0.25, 0.3) is 10.4 Å². The average Bonchev–Trinajstić information content (AvgIpc) is 2.77. The summed E-state index contributed by atoms with van der Waals surface area (Å²) >= 11 is 3.45. The highest BCUT2D eigenvalue weighted by atomic mass is 79.9. The lowest BCUT2D eigenvalue weighted by Crippen LogP contribution is -2.27. The van der Waals surface area contributed by atoms with Crippen LogP contribution < -0.4 is 9.80 Å². The van der Waals surface area contributed by atoms with Gasteiger partial charge in [-0.05, 0) is 29.6 Å². The van der Waals surface area contributed by atoms with Crippen LogP contribution in [-0.2, 0) is 4.79 Å². The van der Waals surface area contributed by atoms with E-state index in [4.69, 9.17) is 5.53 Å². The Morgan fingerprint density at radius 3 is 2.95 bits per heavy atom. The topological polar surface area (TPSA) is 72.3 Å². The zero-order valence-electron chi connectivity index (χ0n) is 11.5. The smallest absolute Gasteiger partial charge is 0.227 e. The first-order chi connectivity index (χ1) is 9.52. The van der Waals surface area contributed by atoms with Crippen molar-refractivity contribution in [1.82, 2.24) is 0 Å². The Balaban J connectivity index is 2.29. The average molecular weight is 338 g/mol. The van der Waals surface area contributed by atoms with Gasteiger partial charge in [0.2, 0.25) is 5.91 Å². The largest absolute Gasteiger partial charge is 0.376 e. The second-order valence-electron chi connectivity index (χ2n) is 5.02. The number of azide groups is 1. The Morgan fingerprint density at radius 2 is 2.30 bits per heavy atom. The molecule has 0 saturated carbocycles. The number of nitrogens with zero attached hydrogens (tertiary/aromatic N) is 5. The second-order valence-corrected chi connectivity index (χ2v) is 5.93. The van der Waals surface area contributed by atoms with Gasteiger partial charge >= 0.3 is 0 Å². The molecule has 20 heavy (non-hydrogen) atoms. The van der Waals surface area contributed by atoms with Gasteiger partial charge in [0.1, 0.15) is 0 Å². The maximum absolute atomic E-state index is 12.2. The van der Waals surface area contributed by atoms with Crippen molar-refractivity contribution in [2.75, 3.05) is 37.0 Å². The normalized spacial score (nSPS) is 18.1. The Kier molecular flexibility index (Phi) is 4.52. The third-order valence-electron chi connectivity index (χ3n) is 3.32. The minimum absolute atomic E-state index is 0.0735. The van der Waals surface area contributed by atoms with E-state index in [2.05, 4.69) is 26.0 Å². The van der Waals surface area contributed by atoms with Crippen molar-refractivity contribution in [1.29, 1.82) is 0 Å². The summed E-state index contributed by atoms with van der Waals surface area (Å²) in [5.41, 5.74) is 10.3. The number of rotatable bonds is 4.